The van der Waals surface area contributed by atoms with E-state index in [1.165, 1.54) is 22.8 Å². The molecule has 0 aliphatic carbocycles. The first kappa shape index (κ1) is 18.2. The highest BCUT2D eigenvalue weighted by Crippen LogP contribution is 2.28. The first-order valence-electron chi connectivity index (χ1n) is 8.25. The van der Waals surface area contributed by atoms with Gasteiger partial charge in [-0.15, -0.1) is 0 Å². The van der Waals surface area contributed by atoms with Crippen molar-refractivity contribution >= 4 is 16.1 Å². The van der Waals surface area contributed by atoms with Crippen molar-refractivity contribution in [2.24, 2.45) is 0 Å². The van der Waals surface area contributed by atoms with E-state index in [1.54, 1.807) is 19.1 Å². The fraction of sp³-hybridized carbons (Fsp3) is 0.333. The van der Waals surface area contributed by atoms with Crippen molar-refractivity contribution in [3.63, 3.8) is 0 Å². The number of hydrogen-bond acceptors (Lipinski definition) is 6. The van der Waals surface area contributed by atoms with Crippen molar-refractivity contribution in [2.45, 2.75) is 37.6 Å². The highest BCUT2D eigenvalue weighted by molar-refractivity contribution is 7.87. The number of pyridine rings is 1. The average Bonchev–Trinajstić information content (AvgIpc) is 2.99. The second kappa shape index (κ2) is 6.95. The normalized spacial score (nSPS) is 16.2. The maximum atomic E-state index is 12.4. The summed E-state index contributed by atoms with van der Waals surface area (Å²) in [6.07, 6.45) is 0.892. The number of fused-ring (bicyclic) bond motifs is 1. The molecule has 2 heterocycles. The van der Waals surface area contributed by atoms with Gasteiger partial charge in [0.1, 0.15) is 16.7 Å². The van der Waals surface area contributed by atoms with E-state index in [9.17, 15) is 18.0 Å². The standard InChI is InChI=1S/C18H19NO6S/c1-3-24-18(21)16-9-6-13-10-14(11-17(20)19(13)16)25-26(22,23)15-7-4-12(2)5-8-15/h4-5,7-8,10-11,16H,3,6,9H2,1-2H3/t16-/m0/s1. The van der Waals surface area contributed by atoms with Gasteiger partial charge in [-0.3, -0.25) is 9.36 Å². The van der Waals surface area contributed by atoms with Crippen LogP contribution in [-0.2, 0) is 26.1 Å². The molecule has 0 saturated heterocycles. The Hall–Kier alpha value is -2.61. The zero-order valence-electron chi connectivity index (χ0n) is 14.5. The average molecular weight is 377 g/mol. The lowest BCUT2D eigenvalue weighted by atomic mass is 10.2. The Morgan fingerprint density at radius 3 is 2.58 bits per heavy atom. The molecule has 0 radical (unpaired) electrons. The van der Waals surface area contributed by atoms with Gasteiger partial charge in [0.2, 0.25) is 0 Å². The summed E-state index contributed by atoms with van der Waals surface area (Å²) in [6, 6.07) is 8.10. The maximum Gasteiger partial charge on any atom is 0.339 e. The fourth-order valence-electron chi connectivity index (χ4n) is 2.96. The molecule has 138 valence electrons. The summed E-state index contributed by atoms with van der Waals surface area (Å²) in [4.78, 5) is 24.4. The number of hydrogen-bond donors (Lipinski definition) is 0. The largest absolute Gasteiger partial charge is 0.464 e. The van der Waals surface area contributed by atoms with Gasteiger partial charge in [0.25, 0.3) is 5.56 Å². The van der Waals surface area contributed by atoms with Crippen LogP contribution in [0, 0.1) is 6.92 Å². The monoisotopic (exact) mass is 377 g/mol. The molecule has 8 heteroatoms. The van der Waals surface area contributed by atoms with Crippen LogP contribution in [0.15, 0.2) is 46.1 Å². The summed E-state index contributed by atoms with van der Waals surface area (Å²) >= 11 is 0. The minimum atomic E-state index is -4.04. The maximum absolute atomic E-state index is 12.4. The van der Waals surface area contributed by atoms with Gasteiger partial charge in [-0.2, -0.15) is 8.42 Å². The van der Waals surface area contributed by atoms with Crippen LogP contribution in [0.5, 0.6) is 5.75 Å². The van der Waals surface area contributed by atoms with Crippen molar-refractivity contribution in [1.29, 1.82) is 0 Å². The molecule has 1 aliphatic heterocycles. The van der Waals surface area contributed by atoms with Crippen molar-refractivity contribution in [3.05, 3.63) is 58.0 Å². The Bertz CT molecular complexity index is 991. The Kier molecular flexibility index (Phi) is 4.86. The number of benzene rings is 1. The Balaban J connectivity index is 1.90. The fourth-order valence-corrected chi connectivity index (χ4v) is 3.87. The van der Waals surface area contributed by atoms with E-state index in [4.69, 9.17) is 8.92 Å². The lowest BCUT2D eigenvalue weighted by Crippen LogP contribution is -2.28. The van der Waals surface area contributed by atoms with E-state index in [1.807, 2.05) is 6.92 Å². The first-order valence-corrected chi connectivity index (χ1v) is 9.66. The highest BCUT2D eigenvalue weighted by atomic mass is 32.2. The van der Waals surface area contributed by atoms with Crippen LogP contribution in [-0.4, -0.2) is 25.6 Å². The molecule has 1 aromatic heterocycles. The van der Waals surface area contributed by atoms with Gasteiger partial charge in [-0.05, 0) is 38.8 Å². The van der Waals surface area contributed by atoms with E-state index in [0.29, 0.717) is 18.5 Å². The van der Waals surface area contributed by atoms with Gasteiger partial charge in [0, 0.05) is 17.8 Å². The minimum absolute atomic E-state index is 0.00750. The van der Waals surface area contributed by atoms with Gasteiger partial charge in [-0.25, -0.2) is 4.79 Å². The third kappa shape index (κ3) is 3.50. The van der Waals surface area contributed by atoms with Crippen molar-refractivity contribution < 1.29 is 22.1 Å². The van der Waals surface area contributed by atoms with Crippen LogP contribution in [0.3, 0.4) is 0 Å². The predicted octanol–water partition coefficient (Wildman–Crippen LogP) is 1.97. The van der Waals surface area contributed by atoms with E-state index < -0.39 is 27.7 Å². The molecule has 0 bridgehead atoms. The number of rotatable bonds is 5. The predicted molar refractivity (Wildman–Crippen MR) is 93.7 cm³/mol. The molecule has 0 fully saturated rings. The van der Waals surface area contributed by atoms with Crippen LogP contribution in [0.4, 0.5) is 0 Å². The molecule has 0 unspecified atom stereocenters. The molecule has 0 saturated carbocycles. The topological polar surface area (TPSA) is 91.7 Å². The molecule has 0 spiro atoms. The van der Waals surface area contributed by atoms with Gasteiger partial charge in [0.15, 0.2) is 0 Å². The summed E-state index contributed by atoms with van der Waals surface area (Å²) in [7, 11) is -4.04. The van der Waals surface area contributed by atoms with Crippen LogP contribution < -0.4 is 9.74 Å². The third-order valence-corrected chi connectivity index (χ3v) is 5.44. The molecular weight excluding hydrogens is 358 g/mol. The van der Waals surface area contributed by atoms with Crippen LogP contribution in [0.25, 0.3) is 0 Å². The van der Waals surface area contributed by atoms with Crippen molar-refractivity contribution in [1.82, 2.24) is 4.57 Å². The third-order valence-electron chi connectivity index (χ3n) is 4.18. The van der Waals surface area contributed by atoms with E-state index >= 15 is 0 Å². The second-order valence-corrected chi connectivity index (χ2v) is 7.59. The zero-order chi connectivity index (χ0) is 18.9. The molecule has 3 rings (SSSR count). The van der Waals surface area contributed by atoms with Gasteiger partial charge in [0.05, 0.1) is 6.61 Å². The van der Waals surface area contributed by atoms with Crippen LogP contribution >= 0.6 is 0 Å². The Labute approximate surface area is 151 Å². The molecule has 0 N–H and O–H groups in total. The zero-order valence-corrected chi connectivity index (χ0v) is 15.3. The summed E-state index contributed by atoms with van der Waals surface area (Å²) in [6.45, 7) is 3.78. The number of aryl methyl sites for hydroxylation is 2. The van der Waals surface area contributed by atoms with Crippen molar-refractivity contribution in [3.8, 4) is 5.75 Å². The number of ether oxygens (including phenoxy) is 1. The van der Waals surface area contributed by atoms with E-state index in [-0.39, 0.29) is 17.3 Å². The van der Waals surface area contributed by atoms with Gasteiger partial charge in [-0.1, -0.05) is 17.7 Å². The van der Waals surface area contributed by atoms with Gasteiger partial charge >= 0.3 is 16.1 Å². The summed E-state index contributed by atoms with van der Waals surface area (Å²) in [5, 5.41) is 0. The molecule has 0 amide bonds. The molecule has 7 nitrogen and oxygen atoms in total. The Morgan fingerprint density at radius 1 is 1.23 bits per heavy atom. The van der Waals surface area contributed by atoms with Crippen LogP contribution in [0.2, 0.25) is 0 Å². The number of carbonyl (C=O) groups is 1. The molecule has 2 aromatic rings. The summed E-state index contributed by atoms with van der Waals surface area (Å²) in [5.74, 6) is -0.527. The smallest absolute Gasteiger partial charge is 0.339 e. The number of esters is 1. The SMILES string of the molecule is CCOC(=O)[C@@H]1CCc2cc(OS(=O)(=O)c3ccc(C)cc3)cc(=O)n21. The molecular formula is C18H19NO6S. The van der Waals surface area contributed by atoms with Gasteiger partial charge < -0.3 is 8.92 Å². The number of nitrogens with zero attached hydrogens (tertiary/aromatic N) is 1. The number of carbonyl (C=O) groups excluding carboxylic acids is 1. The lowest BCUT2D eigenvalue weighted by Gasteiger charge is -2.14. The van der Waals surface area contributed by atoms with Crippen LogP contribution in [0.1, 0.15) is 30.6 Å². The molecule has 1 atom stereocenters. The lowest BCUT2D eigenvalue weighted by molar-refractivity contribution is -0.147. The highest BCUT2D eigenvalue weighted by Gasteiger charge is 2.31. The second-order valence-electron chi connectivity index (χ2n) is 6.05. The molecule has 1 aliphatic rings. The Morgan fingerprint density at radius 2 is 1.92 bits per heavy atom. The molecule has 1 aromatic carbocycles. The quantitative estimate of drug-likeness (QED) is 0.584. The van der Waals surface area contributed by atoms with E-state index in [0.717, 1.165) is 11.6 Å². The molecule has 26 heavy (non-hydrogen) atoms. The minimum Gasteiger partial charge on any atom is -0.464 e. The first-order chi connectivity index (χ1) is 12.3. The summed E-state index contributed by atoms with van der Waals surface area (Å²) in [5.41, 5.74) is 0.974. The summed E-state index contributed by atoms with van der Waals surface area (Å²) < 4.78 is 36.2. The van der Waals surface area contributed by atoms with Crippen molar-refractivity contribution in [2.75, 3.05) is 6.61 Å². The van der Waals surface area contributed by atoms with E-state index in [2.05, 4.69) is 0 Å². The number of aromatic nitrogens is 1.